The molecule has 3 aromatic rings. The number of aromatic nitrogens is 3. The second-order valence-corrected chi connectivity index (χ2v) is 11.3. The third kappa shape index (κ3) is 8.28. The van der Waals surface area contributed by atoms with Gasteiger partial charge < -0.3 is 35.6 Å². The van der Waals surface area contributed by atoms with Crippen LogP contribution in [0, 0.1) is 6.92 Å². The van der Waals surface area contributed by atoms with Gasteiger partial charge in [-0.2, -0.15) is 0 Å². The monoisotopic (exact) mass is 738 g/mol. The lowest BCUT2D eigenvalue weighted by molar-refractivity contribution is 0.0525. The van der Waals surface area contributed by atoms with Crippen molar-refractivity contribution in [1.82, 2.24) is 20.3 Å². The number of alkyl halides is 1. The fourth-order valence-corrected chi connectivity index (χ4v) is 5.78. The zero-order chi connectivity index (χ0) is 32.3. The van der Waals surface area contributed by atoms with Gasteiger partial charge in [0.1, 0.15) is 18.6 Å². The average molecular weight is 739 g/mol. The highest BCUT2D eigenvalue weighted by Gasteiger charge is 2.24. The minimum atomic E-state index is -0.417. The molecule has 0 unspecified atom stereocenters. The summed E-state index contributed by atoms with van der Waals surface area (Å²) in [6, 6.07) is 8.07. The molecule has 1 fully saturated rings. The van der Waals surface area contributed by atoms with Gasteiger partial charge in [-0.1, -0.05) is 34.7 Å². The number of benzene rings is 1. The summed E-state index contributed by atoms with van der Waals surface area (Å²) in [6.45, 7) is 9.16. The van der Waals surface area contributed by atoms with Gasteiger partial charge in [-0.15, -0.1) is 0 Å². The number of carbonyl (C=O) groups excluding carboxylic acids is 1. The molecule has 0 bridgehead atoms. The smallest absolute Gasteiger partial charge is 0.341 e. The van der Waals surface area contributed by atoms with Crippen LogP contribution in [0.4, 0.5) is 23.0 Å². The first-order valence-corrected chi connectivity index (χ1v) is 16.7. The number of halogens is 1. The molecule has 1 aromatic carbocycles. The van der Waals surface area contributed by atoms with Crippen molar-refractivity contribution in [2.45, 2.75) is 26.8 Å². The number of hydrogen-bond donors (Lipinski definition) is 3. The van der Waals surface area contributed by atoms with E-state index in [4.69, 9.17) is 20.2 Å². The summed E-state index contributed by atoms with van der Waals surface area (Å²) in [5, 5.41) is 6.88. The molecule has 2 aromatic heterocycles. The summed E-state index contributed by atoms with van der Waals surface area (Å²) < 4.78 is 11.4. The Kier molecular flexibility index (Phi) is 11.7. The summed E-state index contributed by atoms with van der Waals surface area (Å²) >= 11 is 2.28. The number of rotatable bonds is 12. The minimum absolute atomic E-state index is 0.314. The zero-order valence-electron chi connectivity index (χ0n) is 26.1. The number of aliphatic imine (C=N–C) groups is 2. The summed E-state index contributed by atoms with van der Waals surface area (Å²) in [5.74, 6) is 0.811. The number of piperidine rings is 1. The number of hydrogen-bond acceptors (Lipinski definition) is 12. The van der Waals surface area contributed by atoms with E-state index in [2.05, 4.69) is 77.1 Å². The Morgan fingerprint density at radius 1 is 1.24 bits per heavy atom. The first kappa shape index (κ1) is 33.1. The van der Waals surface area contributed by atoms with Crippen molar-refractivity contribution in [1.29, 1.82) is 0 Å². The largest absolute Gasteiger partial charge is 0.474 e. The number of fused-ring (bicyclic) bond motifs is 1. The van der Waals surface area contributed by atoms with Crippen molar-refractivity contribution >= 4 is 63.6 Å². The number of esters is 1. The van der Waals surface area contributed by atoms with Crippen LogP contribution in [0.15, 0.2) is 64.6 Å². The molecular weight excluding hydrogens is 699 g/mol. The molecule has 242 valence electrons. The Labute approximate surface area is 282 Å². The van der Waals surface area contributed by atoms with E-state index >= 15 is 0 Å². The van der Waals surface area contributed by atoms with Gasteiger partial charge in [0.2, 0.25) is 11.8 Å². The van der Waals surface area contributed by atoms with Gasteiger partial charge >= 0.3 is 5.97 Å². The van der Waals surface area contributed by atoms with E-state index in [0.29, 0.717) is 48.2 Å². The maximum absolute atomic E-state index is 11.8. The van der Waals surface area contributed by atoms with Crippen molar-refractivity contribution in [2.24, 2.45) is 15.7 Å². The molecule has 46 heavy (non-hydrogen) atoms. The predicted octanol–water partition coefficient (Wildman–Crippen LogP) is 4.00. The van der Waals surface area contributed by atoms with E-state index in [1.54, 1.807) is 19.5 Å². The highest BCUT2D eigenvalue weighted by molar-refractivity contribution is 14.1. The third-order valence-corrected chi connectivity index (χ3v) is 8.47. The van der Waals surface area contributed by atoms with Gasteiger partial charge in [-0.3, -0.25) is 0 Å². The quantitative estimate of drug-likeness (QED) is 0.0470. The number of anilines is 3. The third-order valence-electron chi connectivity index (χ3n) is 7.64. The molecule has 2 aliphatic heterocycles. The van der Waals surface area contributed by atoms with Crippen LogP contribution in [-0.2, 0) is 11.3 Å². The second kappa shape index (κ2) is 16.3. The van der Waals surface area contributed by atoms with Crippen LogP contribution in [0.2, 0.25) is 0 Å². The Morgan fingerprint density at radius 2 is 2.04 bits per heavy atom. The average Bonchev–Trinajstić information content (AvgIpc) is 3.09. The van der Waals surface area contributed by atoms with Crippen LogP contribution in [0.3, 0.4) is 0 Å². The fourth-order valence-electron chi connectivity index (χ4n) is 5.13. The molecule has 4 heterocycles. The van der Waals surface area contributed by atoms with Crippen LogP contribution < -0.4 is 30.9 Å². The van der Waals surface area contributed by atoms with Gasteiger partial charge in [0.25, 0.3) is 0 Å². The van der Waals surface area contributed by atoms with Crippen LogP contribution in [0.5, 0.6) is 5.88 Å². The Balaban J connectivity index is 1.12. The first-order chi connectivity index (χ1) is 22.5. The molecule has 0 atom stereocenters. The summed E-state index contributed by atoms with van der Waals surface area (Å²) in [4.78, 5) is 38.6. The van der Waals surface area contributed by atoms with Crippen LogP contribution in [0.25, 0.3) is 0 Å². The van der Waals surface area contributed by atoms with Crippen molar-refractivity contribution in [3.05, 3.63) is 71.3 Å². The molecule has 0 saturated carbocycles. The first-order valence-electron chi connectivity index (χ1n) is 15.2. The van der Waals surface area contributed by atoms with E-state index in [9.17, 15) is 4.79 Å². The van der Waals surface area contributed by atoms with E-state index in [0.717, 1.165) is 72.1 Å². The molecule has 0 amide bonds. The second-order valence-electron chi connectivity index (χ2n) is 10.6. The number of pyridine rings is 1. The molecule has 5 rings (SSSR count). The van der Waals surface area contributed by atoms with Crippen LogP contribution in [-0.4, -0.2) is 83.5 Å². The zero-order valence-corrected chi connectivity index (χ0v) is 28.2. The lowest BCUT2D eigenvalue weighted by Gasteiger charge is -2.33. The van der Waals surface area contributed by atoms with Gasteiger partial charge in [-0.25, -0.2) is 29.7 Å². The molecule has 4 N–H and O–H groups in total. The molecule has 0 aliphatic carbocycles. The van der Waals surface area contributed by atoms with E-state index in [-0.39, 0.29) is 0 Å². The Hall–Kier alpha value is -4.31. The molecule has 2 aliphatic rings. The van der Waals surface area contributed by atoms with Gasteiger partial charge in [0.15, 0.2) is 0 Å². The topological polar surface area (TPSA) is 155 Å². The lowest BCUT2D eigenvalue weighted by atomic mass is 10.0. The lowest BCUT2D eigenvalue weighted by Crippen LogP contribution is -2.38. The number of nitrogens with zero attached hydrogens (tertiary/aromatic N) is 7. The molecule has 13 nitrogen and oxygen atoms in total. The SMILES string of the molecule is CCOC(=O)c1cnc(N(CI)CCNCc2ccc(N=CN=C3CN(c4cnc5c(c4C)NCCO5)CC/C3=C/N)cc2)nc1. The highest BCUT2D eigenvalue weighted by Crippen LogP contribution is 2.35. The number of nitrogens with one attached hydrogen (secondary N) is 2. The molecule has 0 radical (unpaired) electrons. The van der Waals surface area contributed by atoms with Crippen molar-refractivity contribution in [3.8, 4) is 5.88 Å². The summed E-state index contributed by atoms with van der Waals surface area (Å²) in [6.07, 6.45) is 8.92. The number of carbonyl (C=O) groups is 1. The fraction of sp³-hybridized carbons (Fsp3) is 0.375. The number of nitrogens with two attached hydrogens (primary N) is 1. The van der Waals surface area contributed by atoms with Gasteiger partial charge in [0, 0.05) is 50.7 Å². The van der Waals surface area contributed by atoms with Crippen molar-refractivity contribution < 1.29 is 14.3 Å². The Morgan fingerprint density at radius 3 is 2.78 bits per heavy atom. The van der Waals surface area contributed by atoms with E-state index in [1.807, 2.05) is 23.2 Å². The maximum Gasteiger partial charge on any atom is 0.341 e. The maximum atomic E-state index is 11.8. The molecule has 14 heteroatoms. The van der Waals surface area contributed by atoms with Gasteiger partial charge in [0.05, 0.1) is 46.5 Å². The number of ether oxygens (including phenoxy) is 2. The molecule has 1 saturated heterocycles. The standard InChI is InChI=1S/C32H39IN10O3/c1-3-45-31(44)25-16-38-32(39-17-25)43(20-33)12-9-35-15-23-4-6-26(7-5-23)40-21-41-27-19-42(11-8-24(27)14-34)28-18-37-30-29(22(28)2)36-10-13-46-30/h4-7,14,16-18,21,35-36H,3,8-13,15,19-20,34H2,1-2H3/b24-14-,40-21?,41-27?. The Bertz CT molecular complexity index is 1580. The summed E-state index contributed by atoms with van der Waals surface area (Å²) in [7, 11) is 0. The summed E-state index contributed by atoms with van der Waals surface area (Å²) in [5.41, 5.74) is 13.3. The van der Waals surface area contributed by atoms with Crippen LogP contribution in [0.1, 0.15) is 34.8 Å². The minimum Gasteiger partial charge on any atom is -0.474 e. The van der Waals surface area contributed by atoms with E-state index in [1.165, 1.54) is 12.4 Å². The molecule has 0 spiro atoms. The molecular formula is C32H39IN10O3. The van der Waals surface area contributed by atoms with Crippen molar-refractivity contribution in [2.75, 3.05) is 65.6 Å². The highest BCUT2D eigenvalue weighted by atomic mass is 127. The van der Waals surface area contributed by atoms with Crippen molar-refractivity contribution in [3.63, 3.8) is 0 Å². The normalized spacial score (nSPS) is 16.3. The van der Waals surface area contributed by atoms with Crippen LogP contribution >= 0.6 is 22.6 Å². The van der Waals surface area contributed by atoms with Gasteiger partial charge in [-0.05, 0) is 49.7 Å². The predicted molar refractivity (Wildman–Crippen MR) is 190 cm³/mol. The van der Waals surface area contributed by atoms with E-state index < -0.39 is 5.97 Å².